The second-order valence-corrected chi connectivity index (χ2v) is 9.01. The summed E-state index contributed by atoms with van der Waals surface area (Å²) in [5, 5.41) is 13.8. The lowest BCUT2D eigenvalue weighted by Gasteiger charge is -2.34. The number of pyridine rings is 1. The number of carbonyl (C=O) groups excluding carboxylic acids is 1. The van der Waals surface area contributed by atoms with Gasteiger partial charge in [0.15, 0.2) is 5.65 Å². The predicted molar refractivity (Wildman–Crippen MR) is 119 cm³/mol. The number of nitrogens with two attached hydrogens (primary N) is 1. The lowest BCUT2D eigenvalue weighted by Crippen LogP contribution is -2.38. The van der Waals surface area contributed by atoms with Crippen LogP contribution in [0.25, 0.3) is 5.65 Å². The van der Waals surface area contributed by atoms with E-state index in [1.54, 1.807) is 12.1 Å². The number of hydrogen-bond acceptors (Lipinski definition) is 6. The van der Waals surface area contributed by atoms with Crippen LogP contribution in [0.15, 0.2) is 30.6 Å². The van der Waals surface area contributed by atoms with Crippen molar-refractivity contribution in [3.05, 3.63) is 58.8 Å². The first-order valence-corrected chi connectivity index (χ1v) is 11.3. The smallest absolute Gasteiger partial charge is 0.255 e. The van der Waals surface area contributed by atoms with Crippen LogP contribution in [0.4, 0.5) is 0 Å². The molecule has 2 aliphatic rings. The zero-order valence-electron chi connectivity index (χ0n) is 18.2. The molecule has 0 spiro atoms. The van der Waals surface area contributed by atoms with Gasteiger partial charge in [-0.2, -0.15) is 10.4 Å². The third-order valence-electron chi connectivity index (χ3n) is 6.78. The van der Waals surface area contributed by atoms with Gasteiger partial charge in [0.25, 0.3) is 5.91 Å². The Morgan fingerprint density at radius 3 is 2.84 bits per heavy atom. The van der Waals surface area contributed by atoms with E-state index >= 15 is 0 Å². The zero-order chi connectivity index (χ0) is 22.2. The maximum atomic E-state index is 13.3. The molecule has 1 aliphatic heterocycles. The van der Waals surface area contributed by atoms with E-state index in [9.17, 15) is 4.79 Å². The predicted octanol–water partition coefficient (Wildman–Crippen LogP) is 3.27. The number of nitrogens with zero attached hydrogens (tertiary/aromatic N) is 6. The number of likely N-dealkylation sites (tertiary alicyclic amines) is 1. The number of hydrogen-bond donors (Lipinski definition) is 1. The van der Waals surface area contributed by atoms with Gasteiger partial charge in [-0.05, 0) is 63.1 Å². The van der Waals surface area contributed by atoms with Crippen LogP contribution >= 0.6 is 0 Å². The molecule has 164 valence electrons. The summed E-state index contributed by atoms with van der Waals surface area (Å²) in [5.74, 6) is 0.332. The van der Waals surface area contributed by atoms with Crippen molar-refractivity contribution < 1.29 is 4.79 Å². The van der Waals surface area contributed by atoms with Gasteiger partial charge in [-0.25, -0.2) is 14.5 Å². The van der Waals surface area contributed by atoms with Crippen LogP contribution in [-0.4, -0.2) is 43.0 Å². The Morgan fingerprint density at radius 1 is 1.25 bits per heavy atom. The minimum atomic E-state index is -0.0998. The molecule has 1 saturated heterocycles. The quantitative estimate of drug-likeness (QED) is 0.684. The van der Waals surface area contributed by atoms with Crippen molar-refractivity contribution in [2.45, 2.75) is 63.5 Å². The van der Waals surface area contributed by atoms with Crippen LogP contribution in [0.2, 0.25) is 0 Å². The third kappa shape index (κ3) is 3.73. The Labute approximate surface area is 187 Å². The number of fused-ring (bicyclic) bond motifs is 1. The van der Waals surface area contributed by atoms with Gasteiger partial charge in [0, 0.05) is 37.0 Å². The molecule has 2 N–H and O–H groups in total. The van der Waals surface area contributed by atoms with Crippen molar-refractivity contribution in [1.29, 1.82) is 5.26 Å². The second-order valence-electron chi connectivity index (χ2n) is 9.01. The van der Waals surface area contributed by atoms with E-state index in [2.05, 4.69) is 11.9 Å². The van der Waals surface area contributed by atoms with Crippen LogP contribution in [0.3, 0.4) is 0 Å². The van der Waals surface area contributed by atoms with Crippen molar-refractivity contribution in [1.82, 2.24) is 24.5 Å². The summed E-state index contributed by atoms with van der Waals surface area (Å²) in [6, 6.07) is 7.43. The van der Waals surface area contributed by atoms with Crippen molar-refractivity contribution in [3.63, 3.8) is 0 Å². The molecule has 0 radical (unpaired) electrons. The molecule has 2 fully saturated rings. The number of aromatic nitrogens is 4. The van der Waals surface area contributed by atoms with Crippen LogP contribution in [0.5, 0.6) is 0 Å². The summed E-state index contributed by atoms with van der Waals surface area (Å²) in [7, 11) is 0. The normalized spacial score (nSPS) is 23.4. The number of piperidine rings is 1. The van der Waals surface area contributed by atoms with E-state index < -0.39 is 0 Å². The third-order valence-corrected chi connectivity index (χ3v) is 6.78. The standard InChI is InChI=1S/C24H27N7O/c1-15-14-31-22(28-23(15)16-5-7-18(26)10-16)11-20(29-31)21-4-2-3-9-30(21)24(32)17-6-8-19(12-25)27-13-17/h6,8,11,13-14,16,18,21H,2-5,7,9-10,26H2,1H3. The zero-order valence-corrected chi connectivity index (χ0v) is 18.2. The molecule has 1 saturated carbocycles. The summed E-state index contributed by atoms with van der Waals surface area (Å²) in [6.45, 7) is 2.76. The van der Waals surface area contributed by atoms with Crippen LogP contribution in [0, 0.1) is 18.3 Å². The molecule has 4 heterocycles. The average molecular weight is 430 g/mol. The monoisotopic (exact) mass is 429 g/mol. The number of aryl methyl sites for hydroxylation is 1. The fourth-order valence-corrected chi connectivity index (χ4v) is 5.12. The Kier molecular flexibility index (Phi) is 5.35. The summed E-state index contributed by atoms with van der Waals surface area (Å²) < 4.78 is 1.84. The highest BCUT2D eigenvalue weighted by atomic mass is 16.2. The van der Waals surface area contributed by atoms with E-state index in [1.807, 2.05) is 27.7 Å². The SMILES string of the molecule is Cc1cn2nc(C3CCCCN3C(=O)c3ccc(C#N)nc3)cc2nc1C1CCC(N)C1. The molecule has 0 aromatic carbocycles. The van der Waals surface area contributed by atoms with Gasteiger partial charge in [0.2, 0.25) is 0 Å². The molecule has 3 aromatic rings. The minimum absolute atomic E-state index is 0.0754. The molecular formula is C24H27N7O. The highest BCUT2D eigenvalue weighted by Gasteiger charge is 2.31. The molecule has 3 aromatic heterocycles. The van der Waals surface area contributed by atoms with Crippen LogP contribution < -0.4 is 5.73 Å². The minimum Gasteiger partial charge on any atom is -0.330 e. The van der Waals surface area contributed by atoms with Gasteiger partial charge in [-0.1, -0.05) is 0 Å². The first kappa shape index (κ1) is 20.6. The summed E-state index contributed by atoms with van der Waals surface area (Å²) >= 11 is 0. The fraction of sp³-hybridized carbons (Fsp3) is 0.458. The Hall–Kier alpha value is -3.31. The summed E-state index contributed by atoms with van der Waals surface area (Å²) in [6.07, 6.45) is 9.51. The second kappa shape index (κ2) is 8.32. The first-order valence-electron chi connectivity index (χ1n) is 11.3. The van der Waals surface area contributed by atoms with E-state index in [4.69, 9.17) is 21.1 Å². The molecule has 8 nitrogen and oxygen atoms in total. The Balaban J connectivity index is 1.45. The molecule has 5 rings (SSSR count). The van der Waals surface area contributed by atoms with Crippen molar-refractivity contribution in [3.8, 4) is 6.07 Å². The van der Waals surface area contributed by atoms with Gasteiger partial charge in [0.05, 0.1) is 23.0 Å². The Morgan fingerprint density at radius 2 is 2.12 bits per heavy atom. The first-order chi connectivity index (χ1) is 15.5. The van der Waals surface area contributed by atoms with Crippen LogP contribution in [-0.2, 0) is 0 Å². The molecule has 1 aliphatic carbocycles. The van der Waals surface area contributed by atoms with Crippen LogP contribution in [0.1, 0.15) is 83.5 Å². The lowest BCUT2D eigenvalue weighted by atomic mass is 9.98. The van der Waals surface area contributed by atoms with Crippen molar-refractivity contribution in [2.75, 3.05) is 6.54 Å². The molecule has 3 unspecified atom stereocenters. The number of nitriles is 1. The van der Waals surface area contributed by atoms with E-state index in [0.717, 1.165) is 61.1 Å². The number of carbonyl (C=O) groups is 1. The molecular weight excluding hydrogens is 402 g/mol. The topological polar surface area (TPSA) is 113 Å². The molecule has 32 heavy (non-hydrogen) atoms. The summed E-state index contributed by atoms with van der Waals surface area (Å²) in [4.78, 5) is 24.2. The van der Waals surface area contributed by atoms with Gasteiger partial charge >= 0.3 is 0 Å². The molecule has 1 amide bonds. The maximum Gasteiger partial charge on any atom is 0.255 e. The highest BCUT2D eigenvalue weighted by Crippen LogP contribution is 2.35. The van der Waals surface area contributed by atoms with Gasteiger partial charge < -0.3 is 10.6 Å². The lowest BCUT2D eigenvalue weighted by molar-refractivity contribution is 0.0605. The van der Waals surface area contributed by atoms with Crippen molar-refractivity contribution >= 4 is 11.6 Å². The average Bonchev–Trinajstić information content (AvgIpc) is 3.43. The number of amides is 1. The molecule has 8 heteroatoms. The van der Waals surface area contributed by atoms with Crippen molar-refractivity contribution in [2.24, 2.45) is 5.73 Å². The van der Waals surface area contributed by atoms with Gasteiger partial charge in [-0.15, -0.1) is 0 Å². The van der Waals surface area contributed by atoms with E-state index in [0.29, 0.717) is 23.7 Å². The largest absolute Gasteiger partial charge is 0.330 e. The van der Waals surface area contributed by atoms with E-state index in [1.165, 1.54) is 6.20 Å². The van der Waals surface area contributed by atoms with Gasteiger partial charge in [-0.3, -0.25) is 4.79 Å². The maximum absolute atomic E-state index is 13.3. The Bertz CT molecular complexity index is 1190. The van der Waals surface area contributed by atoms with E-state index in [-0.39, 0.29) is 18.0 Å². The summed E-state index contributed by atoms with van der Waals surface area (Å²) in [5.41, 5.74) is 10.9. The fourth-order valence-electron chi connectivity index (χ4n) is 5.12. The molecule has 0 bridgehead atoms. The molecule has 3 atom stereocenters. The van der Waals surface area contributed by atoms with Gasteiger partial charge in [0.1, 0.15) is 11.8 Å². The highest BCUT2D eigenvalue weighted by molar-refractivity contribution is 5.94. The number of rotatable bonds is 3.